The monoisotopic (exact) mass is 458 g/mol. The van der Waals surface area contributed by atoms with Crippen LogP contribution in [0.15, 0.2) is 77.7 Å². The average Bonchev–Trinajstić information content (AvgIpc) is 2.75. The summed E-state index contributed by atoms with van der Waals surface area (Å²) in [4.78, 5) is 24.9. The molecule has 0 saturated heterocycles. The van der Waals surface area contributed by atoms with E-state index < -0.39 is 35.0 Å². The van der Waals surface area contributed by atoms with Crippen molar-refractivity contribution in [1.82, 2.24) is 5.32 Å². The number of carbonyl (C=O) groups is 2. The first-order valence-corrected chi connectivity index (χ1v) is 10.4. The number of thioether (sulfide) groups is 1. The number of hydrogen-bond acceptors (Lipinski definition) is 5. The van der Waals surface area contributed by atoms with Gasteiger partial charge >= 0.3 is 12.1 Å². The summed E-state index contributed by atoms with van der Waals surface area (Å²) < 4.78 is 32.9. The van der Waals surface area contributed by atoms with Gasteiger partial charge in [0.1, 0.15) is 24.3 Å². The number of carboxylic acids is 1. The molecule has 0 aliphatic carbocycles. The Morgan fingerprint density at radius 2 is 1.62 bits per heavy atom. The number of aliphatic carboxylic acids is 1. The quantitative estimate of drug-likeness (QED) is 0.332. The third kappa shape index (κ3) is 6.21. The fraction of sp³-hybridized carbons (Fsp3) is 0.130. The summed E-state index contributed by atoms with van der Waals surface area (Å²) in [5.41, 5.74) is 7.07. The van der Waals surface area contributed by atoms with Crippen molar-refractivity contribution in [3.63, 3.8) is 0 Å². The van der Waals surface area contributed by atoms with Crippen molar-refractivity contribution in [2.45, 2.75) is 22.8 Å². The van der Waals surface area contributed by atoms with Crippen LogP contribution in [0.25, 0.3) is 0 Å². The van der Waals surface area contributed by atoms with Crippen LogP contribution in [-0.4, -0.2) is 23.2 Å². The van der Waals surface area contributed by atoms with Crippen LogP contribution in [0.5, 0.6) is 0 Å². The molecular formula is C23H20F2N2O4S. The molecule has 1 amide bonds. The summed E-state index contributed by atoms with van der Waals surface area (Å²) >= 11 is 0.969. The van der Waals surface area contributed by atoms with E-state index in [0.29, 0.717) is 22.2 Å². The number of ether oxygens (including phenoxy) is 1. The summed E-state index contributed by atoms with van der Waals surface area (Å²) in [5, 5.41) is 11.0. The summed E-state index contributed by atoms with van der Waals surface area (Å²) in [5.74, 6) is -3.15. The standard InChI is InChI=1S/C23H20F2N2O4S/c24-16-10-15(11-17(25)12-16)21(32-19-9-5-4-8-18(19)26)20(22(28)29)27-23(30)31-13-14-6-2-1-3-7-14/h1-12,20-21H,13,26H2,(H,27,30)(H,28,29)/t20-,21?/m0/s1. The first-order valence-electron chi connectivity index (χ1n) is 9.50. The maximum absolute atomic E-state index is 13.9. The third-order valence-corrected chi connectivity index (χ3v) is 5.87. The molecule has 0 aliphatic heterocycles. The number of halogens is 2. The van der Waals surface area contributed by atoms with Gasteiger partial charge in [-0.15, -0.1) is 11.8 Å². The fourth-order valence-corrected chi connectivity index (χ4v) is 4.18. The molecule has 4 N–H and O–H groups in total. The number of para-hydroxylation sites is 1. The van der Waals surface area contributed by atoms with Crippen molar-refractivity contribution < 1.29 is 28.2 Å². The minimum absolute atomic E-state index is 0.0338. The lowest BCUT2D eigenvalue weighted by atomic mass is 10.0. The van der Waals surface area contributed by atoms with Gasteiger partial charge in [0.05, 0.1) is 5.25 Å². The van der Waals surface area contributed by atoms with Gasteiger partial charge in [0.15, 0.2) is 0 Å². The van der Waals surface area contributed by atoms with Gasteiger partial charge in [-0.25, -0.2) is 18.4 Å². The molecule has 1 unspecified atom stereocenters. The van der Waals surface area contributed by atoms with Gasteiger partial charge in [-0.1, -0.05) is 42.5 Å². The van der Waals surface area contributed by atoms with Crippen LogP contribution in [0.3, 0.4) is 0 Å². The van der Waals surface area contributed by atoms with Crippen molar-refractivity contribution in [3.8, 4) is 0 Å². The Morgan fingerprint density at radius 3 is 2.25 bits per heavy atom. The largest absolute Gasteiger partial charge is 0.480 e. The molecule has 0 heterocycles. The zero-order valence-electron chi connectivity index (χ0n) is 16.7. The lowest BCUT2D eigenvalue weighted by Gasteiger charge is -2.25. The Labute approximate surface area is 187 Å². The number of nitrogens with two attached hydrogens (primary N) is 1. The van der Waals surface area contributed by atoms with Gasteiger partial charge in [0.25, 0.3) is 0 Å². The van der Waals surface area contributed by atoms with Crippen LogP contribution in [0, 0.1) is 11.6 Å². The van der Waals surface area contributed by atoms with Crippen molar-refractivity contribution >= 4 is 29.5 Å². The number of benzene rings is 3. The fourth-order valence-electron chi connectivity index (χ4n) is 2.95. The molecule has 0 aromatic heterocycles. The van der Waals surface area contributed by atoms with E-state index in [1.54, 1.807) is 54.6 Å². The van der Waals surface area contributed by atoms with Crippen LogP contribution in [0.4, 0.5) is 19.3 Å². The molecule has 0 bridgehead atoms. The Kier molecular flexibility index (Phi) is 7.67. The highest BCUT2D eigenvalue weighted by atomic mass is 32.2. The normalized spacial score (nSPS) is 12.6. The predicted octanol–water partition coefficient (Wildman–Crippen LogP) is 4.76. The first kappa shape index (κ1) is 23.1. The maximum atomic E-state index is 13.9. The van der Waals surface area contributed by atoms with Crippen LogP contribution in [0.2, 0.25) is 0 Å². The molecule has 0 fully saturated rings. The van der Waals surface area contributed by atoms with Crippen LogP contribution >= 0.6 is 11.8 Å². The van der Waals surface area contributed by atoms with E-state index in [1.165, 1.54) is 0 Å². The molecule has 6 nitrogen and oxygen atoms in total. The van der Waals surface area contributed by atoms with Crippen LogP contribution < -0.4 is 11.1 Å². The number of hydrogen-bond donors (Lipinski definition) is 3. The van der Waals surface area contributed by atoms with Gasteiger partial charge < -0.3 is 20.9 Å². The van der Waals surface area contributed by atoms with E-state index in [2.05, 4.69) is 5.32 Å². The SMILES string of the molecule is Nc1ccccc1SC(c1cc(F)cc(F)c1)[C@H](NC(=O)OCc1ccccc1)C(=O)O. The molecule has 0 spiro atoms. The number of anilines is 1. The molecule has 2 atom stereocenters. The summed E-state index contributed by atoms with van der Waals surface area (Å²) in [6.45, 7) is -0.0724. The lowest BCUT2D eigenvalue weighted by molar-refractivity contribution is -0.139. The molecule has 0 saturated carbocycles. The number of nitrogen functional groups attached to an aromatic ring is 1. The smallest absolute Gasteiger partial charge is 0.408 e. The average molecular weight is 458 g/mol. The third-order valence-electron chi connectivity index (χ3n) is 4.44. The molecule has 9 heteroatoms. The van der Waals surface area contributed by atoms with E-state index in [0.717, 1.165) is 23.9 Å². The zero-order chi connectivity index (χ0) is 23.1. The highest BCUT2D eigenvalue weighted by molar-refractivity contribution is 7.99. The molecule has 166 valence electrons. The molecular weight excluding hydrogens is 438 g/mol. The second kappa shape index (κ2) is 10.6. The Balaban J connectivity index is 1.87. The molecule has 32 heavy (non-hydrogen) atoms. The Morgan fingerprint density at radius 1 is 1.00 bits per heavy atom. The van der Waals surface area contributed by atoms with Gasteiger partial charge in [-0.2, -0.15) is 0 Å². The van der Waals surface area contributed by atoms with Crippen molar-refractivity contribution in [3.05, 3.63) is 95.6 Å². The van der Waals surface area contributed by atoms with Gasteiger partial charge in [0.2, 0.25) is 0 Å². The predicted molar refractivity (Wildman–Crippen MR) is 117 cm³/mol. The van der Waals surface area contributed by atoms with Crippen molar-refractivity contribution in [1.29, 1.82) is 0 Å². The minimum atomic E-state index is -1.57. The summed E-state index contributed by atoms with van der Waals surface area (Å²) in [6.07, 6.45) is -0.982. The second-order valence-electron chi connectivity index (χ2n) is 6.80. The second-order valence-corrected chi connectivity index (χ2v) is 7.98. The number of carbonyl (C=O) groups excluding carboxylic acids is 1. The molecule has 0 aliphatic rings. The zero-order valence-corrected chi connectivity index (χ0v) is 17.5. The highest BCUT2D eigenvalue weighted by Crippen LogP contribution is 2.41. The molecule has 3 aromatic carbocycles. The minimum Gasteiger partial charge on any atom is -0.480 e. The van der Waals surface area contributed by atoms with Gasteiger partial charge in [0, 0.05) is 16.6 Å². The Bertz CT molecular complexity index is 1080. The van der Waals surface area contributed by atoms with Gasteiger partial charge in [-0.3, -0.25) is 0 Å². The topological polar surface area (TPSA) is 102 Å². The van der Waals surface area contributed by atoms with E-state index in [1.807, 2.05) is 0 Å². The van der Waals surface area contributed by atoms with Crippen molar-refractivity contribution in [2.24, 2.45) is 0 Å². The number of rotatable bonds is 8. The van der Waals surface area contributed by atoms with E-state index in [-0.39, 0.29) is 12.2 Å². The summed E-state index contributed by atoms with van der Waals surface area (Å²) in [6, 6.07) is 16.6. The Hall–Kier alpha value is -3.59. The van der Waals surface area contributed by atoms with Crippen LogP contribution in [-0.2, 0) is 16.1 Å². The van der Waals surface area contributed by atoms with Crippen molar-refractivity contribution in [2.75, 3.05) is 5.73 Å². The molecule has 3 rings (SSSR count). The number of amides is 1. The highest BCUT2D eigenvalue weighted by Gasteiger charge is 2.33. The molecule has 0 radical (unpaired) electrons. The number of nitrogens with one attached hydrogen (secondary N) is 1. The number of carboxylic acid groups (broad SMARTS) is 1. The van der Waals surface area contributed by atoms with E-state index in [9.17, 15) is 23.5 Å². The van der Waals surface area contributed by atoms with Crippen LogP contribution in [0.1, 0.15) is 16.4 Å². The number of alkyl carbamates (subject to hydrolysis) is 1. The maximum Gasteiger partial charge on any atom is 0.408 e. The summed E-state index contributed by atoms with van der Waals surface area (Å²) in [7, 11) is 0. The molecule has 3 aromatic rings. The van der Waals surface area contributed by atoms with E-state index in [4.69, 9.17) is 10.5 Å². The van der Waals surface area contributed by atoms with Gasteiger partial charge in [-0.05, 0) is 35.4 Å². The first-order chi connectivity index (χ1) is 15.3. The van der Waals surface area contributed by atoms with E-state index >= 15 is 0 Å². The lowest BCUT2D eigenvalue weighted by Crippen LogP contribution is -2.44.